The van der Waals surface area contributed by atoms with Crippen molar-refractivity contribution in [3.63, 3.8) is 0 Å². The Morgan fingerprint density at radius 3 is 2.25 bits per heavy atom. The van der Waals surface area contributed by atoms with Crippen LogP contribution >= 0.6 is 7.82 Å². The van der Waals surface area contributed by atoms with Gasteiger partial charge in [-0.1, -0.05) is 13.8 Å². The van der Waals surface area contributed by atoms with Crippen molar-refractivity contribution < 1.29 is 24.1 Å². The molecule has 0 aromatic carbocycles. The third-order valence-electron chi connectivity index (χ3n) is 3.03. The minimum absolute atomic E-state index is 0.246. The number of hydrogen-bond acceptors (Lipinski definition) is 4. The Balaban J connectivity index is 2.91. The number of phosphoric ester groups is 1. The first-order chi connectivity index (χ1) is 6.94. The van der Waals surface area contributed by atoms with Crippen molar-refractivity contribution in [1.82, 2.24) is 5.06 Å². The van der Waals surface area contributed by atoms with Gasteiger partial charge in [-0.3, -0.25) is 4.52 Å². The van der Waals surface area contributed by atoms with Crippen molar-refractivity contribution in [2.24, 2.45) is 5.41 Å². The lowest BCUT2D eigenvalue weighted by Gasteiger charge is -2.49. The first kappa shape index (κ1) is 14.1. The van der Waals surface area contributed by atoms with E-state index in [1.807, 2.05) is 13.8 Å². The molecule has 0 aliphatic carbocycles. The van der Waals surface area contributed by atoms with Gasteiger partial charge in [-0.05, 0) is 25.7 Å². The molecule has 1 fully saturated rings. The van der Waals surface area contributed by atoms with Crippen molar-refractivity contribution in [3.8, 4) is 0 Å². The van der Waals surface area contributed by atoms with Crippen LogP contribution < -0.4 is 0 Å². The summed E-state index contributed by atoms with van der Waals surface area (Å²) in [5.74, 6) is 0. The van der Waals surface area contributed by atoms with Crippen molar-refractivity contribution in [3.05, 3.63) is 0 Å². The highest BCUT2D eigenvalue weighted by atomic mass is 31.2. The Morgan fingerprint density at radius 2 is 1.81 bits per heavy atom. The molecule has 1 aliphatic rings. The standard InChI is InChI=1S/C9H20NO5P/c1-8(2)5-7(15-16(12,13)14)9(3,4)10(11)6-8/h7,11H,5-6H2,1-4H3,(H2,12,13,14). The monoisotopic (exact) mass is 253 g/mol. The molecular formula is C9H20NO5P. The van der Waals surface area contributed by atoms with Crippen molar-refractivity contribution in [1.29, 1.82) is 0 Å². The molecule has 0 amide bonds. The zero-order valence-electron chi connectivity index (χ0n) is 10.0. The van der Waals surface area contributed by atoms with Crippen LogP contribution in [0.15, 0.2) is 0 Å². The Kier molecular flexibility index (Phi) is 3.57. The molecule has 6 nitrogen and oxygen atoms in total. The van der Waals surface area contributed by atoms with Crippen LogP contribution in [0.1, 0.15) is 34.1 Å². The summed E-state index contributed by atoms with van der Waals surface area (Å²) in [5.41, 5.74) is -1.05. The van der Waals surface area contributed by atoms with Crippen LogP contribution in [0.2, 0.25) is 0 Å². The third kappa shape index (κ3) is 3.26. The van der Waals surface area contributed by atoms with Crippen LogP contribution in [0.25, 0.3) is 0 Å². The molecule has 1 atom stereocenters. The maximum atomic E-state index is 10.9. The van der Waals surface area contributed by atoms with E-state index in [1.54, 1.807) is 13.8 Å². The van der Waals surface area contributed by atoms with E-state index >= 15 is 0 Å². The highest BCUT2D eigenvalue weighted by molar-refractivity contribution is 7.46. The lowest BCUT2D eigenvalue weighted by Crippen LogP contribution is -2.60. The van der Waals surface area contributed by atoms with Crippen LogP contribution in [0.4, 0.5) is 0 Å². The van der Waals surface area contributed by atoms with Crippen LogP contribution in [0, 0.1) is 5.41 Å². The summed E-state index contributed by atoms with van der Waals surface area (Å²) in [6, 6.07) is 0. The molecule has 0 saturated carbocycles. The molecule has 0 spiro atoms. The molecule has 7 heteroatoms. The van der Waals surface area contributed by atoms with Gasteiger partial charge in [0, 0.05) is 6.54 Å². The number of phosphoric acid groups is 1. The quantitative estimate of drug-likeness (QED) is 0.644. The van der Waals surface area contributed by atoms with Gasteiger partial charge in [0.05, 0.1) is 11.6 Å². The average molecular weight is 253 g/mol. The fourth-order valence-electron chi connectivity index (χ4n) is 1.92. The van der Waals surface area contributed by atoms with Crippen LogP contribution in [0.3, 0.4) is 0 Å². The lowest BCUT2D eigenvalue weighted by atomic mass is 9.76. The number of hydroxylamine groups is 2. The summed E-state index contributed by atoms with van der Waals surface area (Å²) in [4.78, 5) is 17.7. The van der Waals surface area contributed by atoms with Gasteiger partial charge in [0.2, 0.25) is 0 Å². The number of nitrogens with zero attached hydrogens (tertiary/aromatic N) is 1. The van der Waals surface area contributed by atoms with E-state index < -0.39 is 19.5 Å². The molecule has 1 heterocycles. The van der Waals surface area contributed by atoms with E-state index in [0.717, 1.165) is 5.06 Å². The van der Waals surface area contributed by atoms with E-state index in [4.69, 9.17) is 14.3 Å². The highest BCUT2D eigenvalue weighted by Gasteiger charge is 2.48. The van der Waals surface area contributed by atoms with Crippen molar-refractivity contribution >= 4 is 7.82 Å². The maximum Gasteiger partial charge on any atom is 0.469 e. The number of rotatable bonds is 2. The summed E-state index contributed by atoms with van der Waals surface area (Å²) in [5, 5.41) is 10.9. The topological polar surface area (TPSA) is 90.2 Å². The Labute approximate surface area is 95.4 Å². The third-order valence-corrected chi connectivity index (χ3v) is 3.56. The summed E-state index contributed by atoms with van der Waals surface area (Å²) in [7, 11) is -4.53. The number of piperidine rings is 1. The van der Waals surface area contributed by atoms with Gasteiger partial charge in [0.25, 0.3) is 0 Å². The molecule has 1 aliphatic heterocycles. The fraction of sp³-hybridized carbons (Fsp3) is 1.00. The summed E-state index contributed by atoms with van der Waals surface area (Å²) >= 11 is 0. The predicted molar refractivity (Wildman–Crippen MR) is 57.9 cm³/mol. The van der Waals surface area contributed by atoms with Crippen molar-refractivity contribution in [2.75, 3.05) is 6.54 Å². The van der Waals surface area contributed by atoms with Crippen LogP contribution in [-0.4, -0.2) is 38.2 Å². The Hall–Kier alpha value is 0.0300. The molecule has 0 aromatic heterocycles. The summed E-state index contributed by atoms with van der Waals surface area (Å²) in [6.45, 7) is 7.68. The molecule has 0 radical (unpaired) electrons. The first-order valence-electron chi connectivity index (χ1n) is 5.14. The molecule has 96 valence electrons. The summed E-state index contributed by atoms with van der Waals surface area (Å²) < 4.78 is 15.6. The van der Waals surface area contributed by atoms with Gasteiger partial charge in [0.1, 0.15) is 0 Å². The SMILES string of the molecule is CC1(C)CC(OP(=O)(O)O)C(C)(C)N(O)C1. The van der Waals surface area contributed by atoms with E-state index in [9.17, 15) is 9.77 Å². The predicted octanol–water partition coefficient (Wildman–Crippen LogP) is 1.36. The smallest absolute Gasteiger partial charge is 0.313 e. The molecule has 0 aromatic rings. The number of hydrogen-bond donors (Lipinski definition) is 3. The lowest BCUT2D eigenvalue weighted by molar-refractivity contribution is -0.235. The second kappa shape index (κ2) is 4.05. The van der Waals surface area contributed by atoms with Crippen LogP contribution in [0.5, 0.6) is 0 Å². The zero-order chi connectivity index (χ0) is 12.8. The van der Waals surface area contributed by atoms with Gasteiger partial charge in [-0.15, -0.1) is 0 Å². The second-order valence-electron chi connectivity index (χ2n) is 5.66. The zero-order valence-corrected chi connectivity index (χ0v) is 10.9. The largest absolute Gasteiger partial charge is 0.469 e. The fourth-order valence-corrected chi connectivity index (χ4v) is 2.59. The van der Waals surface area contributed by atoms with Gasteiger partial charge < -0.3 is 15.0 Å². The van der Waals surface area contributed by atoms with Gasteiger partial charge in [0.15, 0.2) is 0 Å². The van der Waals surface area contributed by atoms with E-state index in [1.165, 1.54) is 0 Å². The minimum atomic E-state index is -4.53. The molecular weight excluding hydrogens is 233 g/mol. The highest BCUT2D eigenvalue weighted by Crippen LogP contribution is 2.46. The van der Waals surface area contributed by atoms with Gasteiger partial charge in [-0.2, -0.15) is 5.06 Å². The Bertz CT molecular complexity index is 311. The van der Waals surface area contributed by atoms with E-state index in [-0.39, 0.29) is 5.41 Å². The summed E-state index contributed by atoms with van der Waals surface area (Å²) in [6.07, 6.45) is -0.218. The second-order valence-corrected chi connectivity index (χ2v) is 6.86. The van der Waals surface area contributed by atoms with Gasteiger partial charge >= 0.3 is 7.82 Å². The molecule has 3 N–H and O–H groups in total. The molecule has 0 bridgehead atoms. The first-order valence-corrected chi connectivity index (χ1v) is 6.68. The maximum absolute atomic E-state index is 10.9. The minimum Gasteiger partial charge on any atom is -0.313 e. The van der Waals surface area contributed by atoms with E-state index in [0.29, 0.717) is 13.0 Å². The normalized spacial score (nSPS) is 30.3. The van der Waals surface area contributed by atoms with Crippen LogP contribution in [-0.2, 0) is 9.09 Å². The molecule has 1 rings (SSSR count). The van der Waals surface area contributed by atoms with Gasteiger partial charge in [-0.25, -0.2) is 4.57 Å². The molecule has 16 heavy (non-hydrogen) atoms. The average Bonchev–Trinajstić information content (AvgIpc) is 1.96. The Morgan fingerprint density at radius 1 is 1.31 bits per heavy atom. The van der Waals surface area contributed by atoms with Crippen molar-refractivity contribution in [2.45, 2.75) is 45.8 Å². The molecule has 1 saturated heterocycles. The molecule has 1 unspecified atom stereocenters. The van der Waals surface area contributed by atoms with E-state index in [2.05, 4.69) is 0 Å².